The van der Waals surface area contributed by atoms with Crippen LogP contribution in [0.4, 0.5) is 5.95 Å². The first kappa shape index (κ1) is 16.1. The molecule has 0 radical (unpaired) electrons. The molecule has 1 atom stereocenters. The first-order chi connectivity index (χ1) is 11.7. The van der Waals surface area contributed by atoms with Crippen molar-refractivity contribution in [1.82, 2.24) is 20.5 Å². The van der Waals surface area contributed by atoms with E-state index in [9.17, 15) is 4.79 Å². The molecule has 0 saturated carbocycles. The molecule has 0 aliphatic rings. The van der Waals surface area contributed by atoms with Crippen LogP contribution in [0.25, 0.3) is 0 Å². The summed E-state index contributed by atoms with van der Waals surface area (Å²) < 4.78 is 0. The molecule has 0 bridgehead atoms. The highest BCUT2D eigenvalue weighted by atomic mass is 32.2. The van der Waals surface area contributed by atoms with Crippen LogP contribution in [0.3, 0.4) is 0 Å². The number of amides is 1. The van der Waals surface area contributed by atoms with Crippen molar-refractivity contribution in [3.8, 4) is 0 Å². The van der Waals surface area contributed by atoms with Gasteiger partial charge in [0.05, 0.1) is 0 Å². The molecule has 1 amide bonds. The van der Waals surface area contributed by atoms with Gasteiger partial charge in [-0.3, -0.25) is 4.79 Å². The van der Waals surface area contributed by atoms with E-state index in [-0.39, 0.29) is 11.9 Å². The van der Waals surface area contributed by atoms with Crippen LogP contribution in [0, 0.1) is 0 Å². The van der Waals surface area contributed by atoms with Gasteiger partial charge in [0.1, 0.15) is 5.25 Å². The van der Waals surface area contributed by atoms with Gasteiger partial charge in [0.2, 0.25) is 17.0 Å². The molecule has 4 N–H and O–H groups in total. The fourth-order valence-corrected chi connectivity index (χ4v) is 3.14. The first-order valence-corrected chi connectivity index (χ1v) is 8.31. The fourth-order valence-electron chi connectivity index (χ4n) is 2.19. The van der Waals surface area contributed by atoms with Gasteiger partial charge >= 0.3 is 0 Å². The minimum atomic E-state index is -0.454. The molecule has 1 aromatic heterocycles. The molecule has 3 aromatic rings. The van der Waals surface area contributed by atoms with Crippen LogP contribution in [0.1, 0.15) is 16.4 Å². The van der Waals surface area contributed by atoms with E-state index in [1.54, 1.807) is 0 Å². The average molecular weight is 339 g/mol. The molecule has 1 heterocycles. The minimum Gasteiger partial charge on any atom is -0.368 e. The number of nitrogen functional groups attached to an aromatic ring is 1. The zero-order valence-electron chi connectivity index (χ0n) is 12.8. The molecule has 0 unspecified atom stereocenters. The number of anilines is 1. The largest absolute Gasteiger partial charge is 0.368 e. The number of aromatic amines is 1. The number of carbonyl (C=O) groups is 1. The van der Waals surface area contributed by atoms with Crippen molar-refractivity contribution in [2.45, 2.75) is 17.0 Å². The summed E-state index contributed by atoms with van der Waals surface area (Å²) in [7, 11) is 0. The van der Waals surface area contributed by atoms with Gasteiger partial charge < -0.3 is 11.1 Å². The van der Waals surface area contributed by atoms with Crippen LogP contribution in [-0.4, -0.2) is 21.1 Å². The molecule has 3 rings (SSSR count). The summed E-state index contributed by atoms with van der Waals surface area (Å²) >= 11 is 1.26. The standard InChI is InChI=1S/C17H17N5OS/c18-16-20-17(22-21-16)24-14(13-9-5-2-6-10-13)15(23)19-11-12-7-3-1-4-8-12/h1-10,14H,11H2,(H,19,23)(H3,18,20,21,22)/t14-/m0/s1. The molecule has 0 aliphatic heterocycles. The lowest BCUT2D eigenvalue weighted by Crippen LogP contribution is -2.27. The van der Waals surface area contributed by atoms with Crippen molar-refractivity contribution in [1.29, 1.82) is 0 Å². The zero-order valence-corrected chi connectivity index (χ0v) is 13.7. The Kier molecular flexibility index (Phi) is 5.12. The van der Waals surface area contributed by atoms with E-state index < -0.39 is 5.25 Å². The highest BCUT2D eigenvalue weighted by molar-refractivity contribution is 8.00. The lowest BCUT2D eigenvalue weighted by molar-refractivity contribution is -0.120. The fraction of sp³-hybridized carbons (Fsp3) is 0.118. The molecular weight excluding hydrogens is 322 g/mol. The molecule has 2 aromatic carbocycles. The second-order valence-corrected chi connectivity index (χ2v) is 6.19. The van der Waals surface area contributed by atoms with Crippen LogP contribution >= 0.6 is 11.8 Å². The van der Waals surface area contributed by atoms with Crippen LogP contribution in [0.5, 0.6) is 0 Å². The Labute approximate surface area is 143 Å². The van der Waals surface area contributed by atoms with E-state index in [1.165, 1.54) is 11.8 Å². The first-order valence-electron chi connectivity index (χ1n) is 7.43. The second kappa shape index (κ2) is 7.65. The number of H-pyrrole nitrogens is 1. The van der Waals surface area contributed by atoms with Crippen LogP contribution < -0.4 is 11.1 Å². The van der Waals surface area contributed by atoms with Gasteiger partial charge in [-0.25, -0.2) is 5.10 Å². The third-order valence-corrected chi connectivity index (χ3v) is 4.47. The molecule has 6 nitrogen and oxygen atoms in total. The van der Waals surface area contributed by atoms with Crippen LogP contribution in [-0.2, 0) is 11.3 Å². The van der Waals surface area contributed by atoms with E-state index in [0.717, 1.165) is 11.1 Å². The number of carbonyl (C=O) groups excluding carboxylic acids is 1. The van der Waals surface area contributed by atoms with E-state index >= 15 is 0 Å². The lowest BCUT2D eigenvalue weighted by Gasteiger charge is -2.15. The number of nitrogens with one attached hydrogen (secondary N) is 2. The van der Waals surface area contributed by atoms with Gasteiger partial charge in [0, 0.05) is 6.54 Å². The van der Waals surface area contributed by atoms with Crippen molar-refractivity contribution >= 4 is 23.6 Å². The Morgan fingerprint density at radius 3 is 2.42 bits per heavy atom. The summed E-state index contributed by atoms with van der Waals surface area (Å²) in [6.45, 7) is 0.472. The molecule has 7 heteroatoms. The summed E-state index contributed by atoms with van der Waals surface area (Å²) in [6.07, 6.45) is 0. The SMILES string of the molecule is Nc1nc(S[C@H](C(=O)NCc2ccccc2)c2ccccc2)n[nH]1. The molecule has 24 heavy (non-hydrogen) atoms. The molecule has 0 aliphatic carbocycles. The summed E-state index contributed by atoms with van der Waals surface area (Å²) in [5.74, 6) is 0.132. The van der Waals surface area contributed by atoms with Crippen LogP contribution in [0.2, 0.25) is 0 Å². The Hall–Kier alpha value is -2.80. The minimum absolute atomic E-state index is 0.0987. The van der Waals surface area contributed by atoms with Crippen molar-refractivity contribution in [2.75, 3.05) is 5.73 Å². The maximum absolute atomic E-state index is 12.7. The van der Waals surface area contributed by atoms with Crippen molar-refractivity contribution in [3.63, 3.8) is 0 Å². The normalized spacial score (nSPS) is 11.8. The number of hydrogen-bond donors (Lipinski definition) is 3. The van der Waals surface area contributed by atoms with Crippen molar-refractivity contribution < 1.29 is 4.79 Å². The monoisotopic (exact) mass is 339 g/mol. The smallest absolute Gasteiger partial charge is 0.238 e. The molecule has 0 spiro atoms. The highest BCUT2D eigenvalue weighted by Gasteiger charge is 2.23. The van der Waals surface area contributed by atoms with Crippen molar-refractivity contribution in [2.24, 2.45) is 0 Å². The van der Waals surface area contributed by atoms with Crippen LogP contribution in [0.15, 0.2) is 65.8 Å². The van der Waals surface area contributed by atoms with E-state index in [4.69, 9.17) is 5.73 Å². The number of thioether (sulfide) groups is 1. The number of nitrogens with two attached hydrogens (primary N) is 1. The predicted octanol–water partition coefficient (Wildman–Crippen LogP) is 2.54. The number of aromatic nitrogens is 3. The number of benzene rings is 2. The topological polar surface area (TPSA) is 96.7 Å². The summed E-state index contributed by atoms with van der Waals surface area (Å²) in [6, 6.07) is 19.3. The Balaban J connectivity index is 1.74. The Morgan fingerprint density at radius 2 is 1.79 bits per heavy atom. The zero-order chi connectivity index (χ0) is 16.8. The molecule has 0 saturated heterocycles. The van der Waals surface area contributed by atoms with Gasteiger partial charge in [-0.2, -0.15) is 4.98 Å². The number of rotatable bonds is 6. The maximum Gasteiger partial charge on any atom is 0.238 e. The quantitative estimate of drug-likeness (QED) is 0.600. The number of nitrogens with zero attached hydrogens (tertiary/aromatic N) is 2. The van der Waals surface area contributed by atoms with Gasteiger partial charge in [-0.05, 0) is 11.1 Å². The van der Waals surface area contributed by atoms with Gasteiger partial charge in [0.25, 0.3) is 0 Å². The average Bonchev–Trinajstić information content (AvgIpc) is 3.04. The maximum atomic E-state index is 12.7. The molecule has 0 fully saturated rings. The second-order valence-electron chi connectivity index (χ2n) is 5.12. The highest BCUT2D eigenvalue weighted by Crippen LogP contribution is 2.33. The van der Waals surface area contributed by atoms with Gasteiger partial charge in [-0.15, -0.1) is 5.10 Å². The molecular formula is C17H17N5OS. The summed E-state index contributed by atoms with van der Waals surface area (Å²) in [4.78, 5) is 16.8. The van der Waals surface area contributed by atoms with Gasteiger partial charge in [-0.1, -0.05) is 72.4 Å². The van der Waals surface area contributed by atoms with Crippen molar-refractivity contribution in [3.05, 3.63) is 71.8 Å². The molecule has 122 valence electrons. The van der Waals surface area contributed by atoms with E-state index in [2.05, 4.69) is 20.5 Å². The lowest BCUT2D eigenvalue weighted by atomic mass is 10.1. The van der Waals surface area contributed by atoms with E-state index in [0.29, 0.717) is 11.7 Å². The third-order valence-electron chi connectivity index (χ3n) is 3.36. The van der Waals surface area contributed by atoms with E-state index in [1.807, 2.05) is 60.7 Å². The van der Waals surface area contributed by atoms with Gasteiger partial charge in [0.15, 0.2) is 0 Å². The predicted molar refractivity (Wildman–Crippen MR) is 94.1 cm³/mol. The Morgan fingerprint density at radius 1 is 1.12 bits per heavy atom. The third kappa shape index (κ3) is 4.14. The Bertz CT molecular complexity index is 791. The summed E-state index contributed by atoms with van der Waals surface area (Å²) in [5.41, 5.74) is 7.49. The number of hydrogen-bond acceptors (Lipinski definition) is 5. The summed E-state index contributed by atoms with van der Waals surface area (Å²) in [5, 5.41) is 9.55.